The highest BCUT2D eigenvalue weighted by atomic mass is 32.1. The number of benzene rings is 2. The van der Waals surface area contributed by atoms with Crippen LogP contribution in [0.5, 0.6) is 0 Å². The number of furan rings is 1. The van der Waals surface area contributed by atoms with Crippen LogP contribution in [0.3, 0.4) is 0 Å². The first-order valence-electron chi connectivity index (χ1n) is 13.5. The number of carbonyl (C=O) groups excluding carboxylic acids is 3. The predicted molar refractivity (Wildman–Crippen MR) is 154 cm³/mol. The lowest BCUT2D eigenvalue weighted by molar-refractivity contribution is -0.123. The Bertz CT molecular complexity index is 1530. The van der Waals surface area contributed by atoms with Gasteiger partial charge in [-0.15, -0.1) is 0 Å². The van der Waals surface area contributed by atoms with Crippen LogP contribution in [0.25, 0.3) is 0 Å². The van der Waals surface area contributed by atoms with Crippen LogP contribution in [-0.2, 0) is 11.3 Å². The third-order valence-electron chi connectivity index (χ3n) is 7.10. The van der Waals surface area contributed by atoms with E-state index in [9.17, 15) is 23.2 Å². The monoisotopic (exact) mass is 593 g/mol. The molecule has 2 aromatic heterocycles. The smallest absolute Gasteiger partial charge is 0.273 e. The zero-order valence-electron chi connectivity index (χ0n) is 22.5. The first-order valence-corrected chi connectivity index (χ1v) is 14.3. The molecule has 1 aliphatic carbocycles. The average Bonchev–Trinajstić information content (AvgIpc) is 3.66. The van der Waals surface area contributed by atoms with E-state index >= 15 is 0 Å². The van der Waals surface area contributed by atoms with Gasteiger partial charge in [0.15, 0.2) is 11.7 Å². The Labute approximate surface area is 244 Å². The van der Waals surface area contributed by atoms with Crippen molar-refractivity contribution < 1.29 is 27.6 Å². The van der Waals surface area contributed by atoms with E-state index in [1.807, 2.05) is 0 Å². The van der Waals surface area contributed by atoms with Crippen molar-refractivity contribution in [3.63, 3.8) is 0 Å². The maximum absolute atomic E-state index is 14.2. The van der Waals surface area contributed by atoms with Crippen molar-refractivity contribution in [2.24, 2.45) is 0 Å². The molecule has 0 aliphatic heterocycles. The molecular formula is C30H29F2N5O4S. The molecule has 218 valence electrons. The van der Waals surface area contributed by atoms with E-state index in [4.69, 9.17) is 10.2 Å². The second-order valence-electron chi connectivity index (χ2n) is 10.00. The number of aromatic nitrogens is 1. The minimum Gasteiger partial charge on any atom is -0.467 e. The van der Waals surface area contributed by atoms with Crippen LogP contribution in [-0.4, -0.2) is 28.1 Å². The number of carbonyl (C=O) groups is 3. The first-order chi connectivity index (χ1) is 20.3. The summed E-state index contributed by atoms with van der Waals surface area (Å²) in [5, 5.41) is 5.71. The molecule has 9 nitrogen and oxygen atoms in total. The van der Waals surface area contributed by atoms with Crippen LogP contribution in [0.2, 0.25) is 0 Å². The van der Waals surface area contributed by atoms with Crippen molar-refractivity contribution >= 4 is 40.6 Å². The number of nitrogen functional groups attached to an aromatic ring is 1. The van der Waals surface area contributed by atoms with Crippen LogP contribution < -0.4 is 21.3 Å². The van der Waals surface area contributed by atoms with Gasteiger partial charge in [-0.25, -0.2) is 8.78 Å². The number of anilines is 2. The van der Waals surface area contributed by atoms with Crippen LogP contribution in [0.15, 0.2) is 71.3 Å². The van der Waals surface area contributed by atoms with Gasteiger partial charge in [0.25, 0.3) is 17.7 Å². The zero-order chi connectivity index (χ0) is 29.6. The molecule has 2 heterocycles. The minimum atomic E-state index is -1.35. The minimum absolute atomic E-state index is 0.00958. The highest BCUT2D eigenvalue weighted by Gasteiger charge is 2.38. The van der Waals surface area contributed by atoms with E-state index < -0.39 is 35.4 Å². The second-order valence-corrected chi connectivity index (χ2v) is 10.8. The Kier molecular flexibility index (Phi) is 8.91. The zero-order valence-corrected chi connectivity index (χ0v) is 23.3. The third-order valence-corrected chi connectivity index (χ3v) is 7.95. The van der Waals surface area contributed by atoms with Gasteiger partial charge < -0.3 is 20.8 Å². The van der Waals surface area contributed by atoms with Crippen molar-refractivity contribution in [3.05, 3.63) is 100 Å². The van der Waals surface area contributed by atoms with Crippen LogP contribution >= 0.6 is 11.5 Å². The third kappa shape index (κ3) is 6.49. The Morgan fingerprint density at radius 2 is 1.67 bits per heavy atom. The quantitative estimate of drug-likeness (QED) is 0.239. The molecule has 4 aromatic rings. The van der Waals surface area contributed by atoms with Gasteiger partial charge in [0, 0.05) is 18.3 Å². The number of halogens is 2. The summed E-state index contributed by atoms with van der Waals surface area (Å²) in [4.78, 5) is 41.9. The van der Waals surface area contributed by atoms with Gasteiger partial charge in [-0.05, 0) is 78.5 Å². The summed E-state index contributed by atoms with van der Waals surface area (Å²) in [6, 6.07) is 12.4. The molecule has 0 bridgehead atoms. The van der Waals surface area contributed by atoms with Crippen molar-refractivity contribution in [3.8, 4) is 0 Å². The van der Waals surface area contributed by atoms with Gasteiger partial charge in [-0.3, -0.25) is 19.3 Å². The lowest BCUT2D eigenvalue weighted by Crippen LogP contribution is -2.43. The molecule has 1 aliphatic rings. The van der Waals surface area contributed by atoms with Crippen LogP contribution in [0, 0.1) is 11.6 Å². The molecule has 0 radical (unpaired) electrons. The molecule has 12 heteroatoms. The molecule has 1 unspecified atom stereocenters. The maximum Gasteiger partial charge on any atom is 0.273 e. The molecule has 4 N–H and O–H groups in total. The fraction of sp³-hybridized carbons (Fsp3) is 0.267. The number of nitrogens with zero attached hydrogens (tertiary/aromatic N) is 2. The van der Waals surface area contributed by atoms with Gasteiger partial charge in [0.1, 0.15) is 22.3 Å². The van der Waals surface area contributed by atoms with E-state index in [1.54, 1.807) is 6.07 Å². The van der Waals surface area contributed by atoms with Gasteiger partial charge in [-0.1, -0.05) is 31.4 Å². The summed E-state index contributed by atoms with van der Waals surface area (Å²) in [6.07, 6.45) is 6.24. The molecule has 3 amide bonds. The van der Waals surface area contributed by atoms with E-state index in [-0.39, 0.29) is 40.3 Å². The number of amides is 3. The summed E-state index contributed by atoms with van der Waals surface area (Å²) >= 11 is 0.740. The van der Waals surface area contributed by atoms with E-state index in [2.05, 4.69) is 15.0 Å². The fourth-order valence-corrected chi connectivity index (χ4v) is 5.65. The normalized spacial score (nSPS) is 14.2. The van der Waals surface area contributed by atoms with E-state index in [1.165, 1.54) is 48.7 Å². The summed E-state index contributed by atoms with van der Waals surface area (Å²) < 4.78 is 37.0. The fourth-order valence-electron chi connectivity index (χ4n) is 4.92. The predicted octanol–water partition coefficient (Wildman–Crippen LogP) is 5.36. The molecule has 0 spiro atoms. The standard InChI is InChI=1S/C30H29F2N5O4S/c31-19-10-8-18(9-11-19)17-34-29(39)26(23-7-4-16-41-23)37(22-14-12-20(32)13-15-22)30(40)27-24(33)25(36-42-27)28(38)35-21-5-2-1-3-6-21/h4,7-16,21,26H,1-3,5-6,17,33H2,(H,34,39)(H,35,38). The van der Waals surface area contributed by atoms with Gasteiger partial charge >= 0.3 is 0 Å². The Hall–Kier alpha value is -4.58. The highest BCUT2D eigenvalue weighted by molar-refractivity contribution is 7.09. The molecule has 1 saturated carbocycles. The van der Waals surface area contributed by atoms with Crippen molar-refractivity contribution in [1.29, 1.82) is 0 Å². The van der Waals surface area contributed by atoms with E-state index in [0.29, 0.717) is 5.56 Å². The van der Waals surface area contributed by atoms with Gasteiger partial charge in [0.2, 0.25) is 0 Å². The summed E-state index contributed by atoms with van der Waals surface area (Å²) in [7, 11) is 0. The summed E-state index contributed by atoms with van der Waals surface area (Å²) in [6.45, 7) is 0.0377. The van der Waals surface area contributed by atoms with Crippen LogP contribution in [0.4, 0.5) is 20.2 Å². The molecule has 1 fully saturated rings. The Balaban J connectivity index is 1.47. The molecule has 5 rings (SSSR count). The molecule has 2 aromatic carbocycles. The van der Waals surface area contributed by atoms with Crippen LogP contribution in [0.1, 0.15) is 69.6 Å². The van der Waals surface area contributed by atoms with E-state index in [0.717, 1.165) is 60.7 Å². The number of nitrogens with two attached hydrogens (primary N) is 1. The number of hydrogen-bond acceptors (Lipinski definition) is 7. The summed E-state index contributed by atoms with van der Waals surface area (Å²) in [5.74, 6) is -2.65. The Morgan fingerprint density at radius 1 is 1.00 bits per heavy atom. The Morgan fingerprint density at radius 3 is 2.31 bits per heavy atom. The lowest BCUT2D eigenvalue weighted by Gasteiger charge is -2.29. The molecular weight excluding hydrogens is 564 g/mol. The van der Waals surface area contributed by atoms with Crippen molar-refractivity contribution in [1.82, 2.24) is 15.0 Å². The number of nitrogens with one attached hydrogen (secondary N) is 2. The van der Waals surface area contributed by atoms with Crippen molar-refractivity contribution in [2.75, 3.05) is 10.6 Å². The summed E-state index contributed by atoms with van der Waals surface area (Å²) in [5.41, 5.74) is 6.94. The second kappa shape index (κ2) is 12.9. The van der Waals surface area contributed by atoms with Gasteiger partial charge in [-0.2, -0.15) is 4.37 Å². The lowest BCUT2D eigenvalue weighted by atomic mass is 9.95. The van der Waals surface area contributed by atoms with Gasteiger partial charge in [0.05, 0.1) is 12.0 Å². The number of hydrogen-bond donors (Lipinski definition) is 3. The highest BCUT2D eigenvalue weighted by Crippen LogP contribution is 2.33. The van der Waals surface area contributed by atoms with Crippen molar-refractivity contribution in [2.45, 2.75) is 50.7 Å². The largest absolute Gasteiger partial charge is 0.467 e. The average molecular weight is 594 g/mol. The first kappa shape index (κ1) is 28.9. The SMILES string of the molecule is Nc1c(C(=O)NC2CCCCC2)nsc1C(=O)N(c1ccc(F)cc1)C(C(=O)NCc1ccc(F)cc1)c1ccco1. The number of rotatable bonds is 9. The molecule has 1 atom stereocenters. The molecule has 0 saturated heterocycles. The topological polar surface area (TPSA) is 131 Å². The molecule has 42 heavy (non-hydrogen) atoms. The maximum atomic E-state index is 14.2.